The average molecular weight is 412 g/mol. The van der Waals surface area contributed by atoms with Crippen molar-refractivity contribution in [3.05, 3.63) is 57.0 Å². The third-order valence-corrected chi connectivity index (χ3v) is 4.82. The molecule has 0 bridgehead atoms. The van der Waals surface area contributed by atoms with E-state index in [1.54, 1.807) is 19.2 Å². The standard InChI is InChI=1S/C18H20BrClN2O2/c1-11-8-16(17(24-3)9-15(11)20)22-18(23)10-21-12(2)13-6-4-5-7-14(13)19/h4-9,12,21H,10H2,1-3H3,(H,22,23)/t12-/m1/s1. The third kappa shape index (κ3) is 4.72. The fraction of sp³-hybridized carbons (Fsp3) is 0.278. The number of carbonyl (C=O) groups excluding carboxylic acids is 1. The Kier molecular flexibility index (Phi) is 6.66. The first-order valence-electron chi connectivity index (χ1n) is 7.54. The number of hydrogen-bond acceptors (Lipinski definition) is 3. The summed E-state index contributed by atoms with van der Waals surface area (Å²) in [7, 11) is 1.55. The molecule has 4 nitrogen and oxygen atoms in total. The molecule has 1 atom stereocenters. The van der Waals surface area contributed by atoms with Crippen LogP contribution in [0.25, 0.3) is 0 Å². The minimum absolute atomic E-state index is 0.0418. The summed E-state index contributed by atoms with van der Waals surface area (Å²) in [5.41, 5.74) is 2.59. The van der Waals surface area contributed by atoms with Gasteiger partial charge in [-0.1, -0.05) is 45.7 Å². The van der Waals surface area contributed by atoms with Gasteiger partial charge in [0.25, 0.3) is 0 Å². The first-order valence-corrected chi connectivity index (χ1v) is 8.71. The van der Waals surface area contributed by atoms with E-state index >= 15 is 0 Å². The van der Waals surface area contributed by atoms with Crippen molar-refractivity contribution < 1.29 is 9.53 Å². The van der Waals surface area contributed by atoms with Gasteiger partial charge in [0.15, 0.2) is 0 Å². The van der Waals surface area contributed by atoms with Crippen LogP contribution in [-0.4, -0.2) is 19.6 Å². The van der Waals surface area contributed by atoms with Crippen LogP contribution in [0, 0.1) is 6.92 Å². The van der Waals surface area contributed by atoms with Gasteiger partial charge in [0.2, 0.25) is 5.91 Å². The van der Waals surface area contributed by atoms with E-state index in [1.165, 1.54) is 0 Å². The SMILES string of the molecule is COc1cc(Cl)c(C)cc1NC(=O)CN[C@H](C)c1ccccc1Br. The number of aryl methyl sites for hydroxylation is 1. The van der Waals surface area contributed by atoms with Gasteiger partial charge in [-0.05, 0) is 37.1 Å². The summed E-state index contributed by atoms with van der Waals surface area (Å²) in [6.07, 6.45) is 0. The van der Waals surface area contributed by atoms with E-state index in [-0.39, 0.29) is 18.5 Å². The molecular formula is C18H20BrClN2O2. The van der Waals surface area contributed by atoms with Crippen LogP contribution < -0.4 is 15.4 Å². The van der Waals surface area contributed by atoms with Crippen LogP contribution in [0.15, 0.2) is 40.9 Å². The Hall–Kier alpha value is -1.56. The highest BCUT2D eigenvalue weighted by molar-refractivity contribution is 9.10. The fourth-order valence-electron chi connectivity index (χ4n) is 2.31. The second kappa shape index (κ2) is 8.51. The summed E-state index contributed by atoms with van der Waals surface area (Å²) in [6.45, 7) is 4.08. The molecule has 0 saturated carbocycles. The van der Waals surface area contributed by atoms with E-state index in [9.17, 15) is 4.79 Å². The van der Waals surface area contributed by atoms with E-state index < -0.39 is 0 Å². The van der Waals surface area contributed by atoms with E-state index in [0.717, 1.165) is 15.6 Å². The second-order valence-corrected chi connectivity index (χ2v) is 6.74. The van der Waals surface area contributed by atoms with Gasteiger partial charge >= 0.3 is 0 Å². The summed E-state index contributed by atoms with van der Waals surface area (Å²) < 4.78 is 6.28. The Balaban J connectivity index is 1.99. The van der Waals surface area contributed by atoms with Crippen molar-refractivity contribution in [1.29, 1.82) is 0 Å². The highest BCUT2D eigenvalue weighted by Crippen LogP contribution is 2.30. The van der Waals surface area contributed by atoms with E-state index in [2.05, 4.69) is 26.6 Å². The monoisotopic (exact) mass is 410 g/mol. The molecule has 0 aromatic heterocycles. The van der Waals surface area contributed by atoms with Crippen LogP contribution in [0.5, 0.6) is 5.75 Å². The number of anilines is 1. The zero-order chi connectivity index (χ0) is 17.7. The molecule has 0 aliphatic heterocycles. The number of halogens is 2. The maximum Gasteiger partial charge on any atom is 0.238 e. The Morgan fingerprint density at radius 3 is 2.71 bits per heavy atom. The summed E-state index contributed by atoms with van der Waals surface area (Å²) >= 11 is 9.60. The van der Waals surface area contributed by atoms with Crippen molar-refractivity contribution >= 4 is 39.1 Å². The van der Waals surface area contributed by atoms with Gasteiger partial charge in [-0.2, -0.15) is 0 Å². The van der Waals surface area contributed by atoms with E-state index in [4.69, 9.17) is 16.3 Å². The van der Waals surface area contributed by atoms with Gasteiger partial charge in [0, 0.05) is 21.6 Å². The molecule has 0 aliphatic carbocycles. The van der Waals surface area contributed by atoms with Crippen molar-refractivity contribution in [2.75, 3.05) is 19.0 Å². The van der Waals surface area contributed by atoms with Crippen LogP contribution >= 0.6 is 27.5 Å². The van der Waals surface area contributed by atoms with Gasteiger partial charge < -0.3 is 15.4 Å². The lowest BCUT2D eigenvalue weighted by atomic mass is 10.1. The van der Waals surface area contributed by atoms with E-state index in [0.29, 0.717) is 16.5 Å². The topological polar surface area (TPSA) is 50.4 Å². The van der Waals surface area contributed by atoms with Crippen LogP contribution in [0.2, 0.25) is 5.02 Å². The van der Waals surface area contributed by atoms with Crippen molar-refractivity contribution in [2.24, 2.45) is 0 Å². The number of nitrogens with one attached hydrogen (secondary N) is 2. The quantitative estimate of drug-likeness (QED) is 0.724. The molecule has 0 heterocycles. The smallest absolute Gasteiger partial charge is 0.238 e. The lowest BCUT2D eigenvalue weighted by Gasteiger charge is -2.16. The number of methoxy groups -OCH3 is 1. The second-order valence-electron chi connectivity index (χ2n) is 5.47. The van der Waals surface area contributed by atoms with Crippen LogP contribution in [0.4, 0.5) is 5.69 Å². The van der Waals surface area contributed by atoms with Gasteiger partial charge in [-0.3, -0.25) is 4.79 Å². The van der Waals surface area contributed by atoms with Crippen LogP contribution in [0.3, 0.4) is 0 Å². The number of benzene rings is 2. The highest BCUT2D eigenvalue weighted by atomic mass is 79.9. The number of carbonyl (C=O) groups is 1. The molecule has 6 heteroatoms. The Bertz CT molecular complexity index is 737. The molecule has 2 aromatic rings. The minimum atomic E-state index is -0.145. The summed E-state index contributed by atoms with van der Waals surface area (Å²) in [5.74, 6) is 0.395. The van der Waals surface area contributed by atoms with Gasteiger partial charge in [-0.25, -0.2) is 0 Å². The molecule has 1 amide bonds. The van der Waals surface area contributed by atoms with Crippen molar-refractivity contribution in [3.8, 4) is 5.75 Å². The Morgan fingerprint density at radius 1 is 1.33 bits per heavy atom. The Labute approximate surface area is 155 Å². The zero-order valence-electron chi connectivity index (χ0n) is 13.8. The number of rotatable bonds is 6. The van der Waals surface area contributed by atoms with Gasteiger partial charge in [0.05, 0.1) is 19.3 Å². The lowest BCUT2D eigenvalue weighted by Crippen LogP contribution is -2.30. The van der Waals surface area contributed by atoms with Crippen LogP contribution in [0.1, 0.15) is 24.1 Å². The summed E-state index contributed by atoms with van der Waals surface area (Å²) in [5, 5.41) is 6.67. The highest BCUT2D eigenvalue weighted by Gasteiger charge is 2.13. The van der Waals surface area contributed by atoms with Gasteiger partial charge in [-0.15, -0.1) is 0 Å². The molecule has 128 valence electrons. The number of hydrogen-bond donors (Lipinski definition) is 2. The molecule has 0 fully saturated rings. The van der Waals surface area contributed by atoms with Crippen molar-refractivity contribution in [1.82, 2.24) is 5.32 Å². The molecule has 0 radical (unpaired) electrons. The molecule has 0 spiro atoms. The first-order chi connectivity index (χ1) is 11.4. The molecule has 0 saturated heterocycles. The molecular weight excluding hydrogens is 392 g/mol. The predicted molar refractivity (Wildman–Crippen MR) is 102 cm³/mol. The minimum Gasteiger partial charge on any atom is -0.495 e. The van der Waals surface area contributed by atoms with Gasteiger partial charge in [0.1, 0.15) is 5.75 Å². The average Bonchev–Trinajstić information content (AvgIpc) is 2.56. The third-order valence-electron chi connectivity index (χ3n) is 3.70. The molecule has 0 aliphatic rings. The van der Waals surface area contributed by atoms with Crippen molar-refractivity contribution in [3.63, 3.8) is 0 Å². The predicted octanol–water partition coefficient (Wildman–Crippen LogP) is 4.71. The maximum absolute atomic E-state index is 12.2. The molecule has 0 unspecified atom stereocenters. The largest absolute Gasteiger partial charge is 0.495 e. The summed E-state index contributed by atoms with van der Waals surface area (Å²) in [6, 6.07) is 11.5. The maximum atomic E-state index is 12.2. The number of ether oxygens (including phenoxy) is 1. The van der Waals surface area contributed by atoms with Crippen LogP contribution in [-0.2, 0) is 4.79 Å². The molecule has 2 aromatic carbocycles. The first kappa shape index (κ1) is 18.8. The molecule has 2 rings (SSSR count). The fourth-order valence-corrected chi connectivity index (χ4v) is 3.09. The lowest BCUT2D eigenvalue weighted by molar-refractivity contribution is -0.115. The summed E-state index contributed by atoms with van der Waals surface area (Å²) in [4.78, 5) is 12.2. The normalized spacial score (nSPS) is 11.9. The number of amides is 1. The molecule has 24 heavy (non-hydrogen) atoms. The Morgan fingerprint density at radius 2 is 2.04 bits per heavy atom. The van der Waals surface area contributed by atoms with E-state index in [1.807, 2.05) is 38.1 Å². The van der Waals surface area contributed by atoms with Crippen molar-refractivity contribution in [2.45, 2.75) is 19.9 Å². The zero-order valence-corrected chi connectivity index (χ0v) is 16.2. The molecule has 2 N–H and O–H groups in total.